The second-order valence-electron chi connectivity index (χ2n) is 3.60. The predicted octanol–water partition coefficient (Wildman–Crippen LogP) is 2.08. The van der Waals surface area contributed by atoms with Gasteiger partial charge in [0.1, 0.15) is 11.6 Å². The molecule has 5 nitrogen and oxygen atoms in total. The monoisotopic (exact) mass is 262 g/mol. The third kappa shape index (κ3) is 2.67. The Morgan fingerprint density at radius 1 is 1.26 bits per heavy atom. The fourth-order valence-corrected chi connectivity index (χ4v) is 1.51. The van der Waals surface area contributed by atoms with Crippen LogP contribution in [-0.2, 0) is 4.74 Å². The number of hydrogen-bond acceptors (Lipinski definition) is 5. The maximum atomic E-state index is 13.9. The van der Waals surface area contributed by atoms with Gasteiger partial charge in [0.05, 0.1) is 19.8 Å². The van der Waals surface area contributed by atoms with Crippen molar-refractivity contribution in [2.75, 3.05) is 14.2 Å². The maximum Gasteiger partial charge on any atom is 0.356 e. The molecule has 0 N–H and O–H groups in total. The molecule has 0 amide bonds. The summed E-state index contributed by atoms with van der Waals surface area (Å²) in [6, 6.07) is 5.71. The van der Waals surface area contributed by atoms with Gasteiger partial charge in [0.15, 0.2) is 11.5 Å². The first-order valence-corrected chi connectivity index (χ1v) is 5.41. The Balaban J connectivity index is 2.44. The lowest BCUT2D eigenvalue weighted by Crippen LogP contribution is -2.06. The van der Waals surface area contributed by atoms with Gasteiger partial charge in [-0.1, -0.05) is 0 Å². The second kappa shape index (κ2) is 5.43. The molecule has 0 saturated heterocycles. The zero-order valence-corrected chi connectivity index (χ0v) is 10.4. The topological polar surface area (TPSA) is 61.3 Å². The number of hydrogen-bond donors (Lipinski definition) is 0. The van der Waals surface area contributed by atoms with E-state index in [0.29, 0.717) is 5.75 Å². The molecular formula is C13H11FN2O3. The van der Waals surface area contributed by atoms with E-state index in [1.807, 2.05) is 0 Å². The molecule has 0 aliphatic heterocycles. The molecule has 0 bridgehead atoms. The van der Waals surface area contributed by atoms with E-state index in [-0.39, 0.29) is 17.1 Å². The number of carbonyl (C=O) groups is 1. The number of rotatable bonds is 3. The summed E-state index contributed by atoms with van der Waals surface area (Å²) in [6.07, 6.45) is 1.37. The van der Waals surface area contributed by atoms with Crippen LogP contribution >= 0.6 is 0 Å². The molecule has 0 saturated carbocycles. The van der Waals surface area contributed by atoms with Gasteiger partial charge in [0, 0.05) is 12.3 Å². The molecule has 1 aromatic carbocycles. The highest BCUT2D eigenvalue weighted by atomic mass is 19.1. The molecule has 0 fully saturated rings. The van der Waals surface area contributed by atoms with Crippen LogP contribution in [0.25, 0.3) is 11.4 Å². The Labute approximate surface area is 109 Å². The molecule has 98 valence electrons. The van der Waals surface area contributed by atoms with Crippen LogP contribution < -0.4 is 4.74 Å². The number of benzene rings is 1. The Bertz CT molecular complexity index is 617. The summed E-state index contributed by atoms with van der Waals surface area (Å²) in [7, 11) is 2.70. The Kier molecular flexibility index (Phi) is 3.70. The van der Waals surface area contributed by atoms with Crippen molar-refractivity contribution in [1.29, 1.82) is 0 Å². The Morgan fingerprint density at radius 2 is 2.05 bits per heavy atom. The van der Waals surface area contributed by atoms with Crippen molar-refractivity contribution in [3.8, 4) is 17.1 Å². The van der Waals surface area contributed by atoms with E-state index in [1.54, 1.807) is 6.07 Å². The van der Waals surface area contributed by atoms with Gasteiger partial charge >= 0.3 is 5.97 Å². The molecule has 1 aromatic heterocycles. The number of ether oxygens (including phenoxy) is 2. The minimum absolute atomic E-state index is 0.0720. The summed E-state index contributed by atoms with van der Waals surface area (Å²) in [6.45, 7) is 0. The van der Waals surface area contributed by atoms with Crippen LogP contribution in [0, 0.1) is 5.82 Å². The zero-order chi connectivity index (χ0) is 13.8. The minimum Gasteiger partial charge on any atom is -0.497 e. The maximum absolute atomic E-state index is 13.9. The number of aromatic nitrogens is 2. The van der Waals surface area contributed by atoms with Crippen LogP contribution in [0.1, 0.15) is 10.5 Å². The van der Waals surface area contributed by atoms with Gasteiger partial charge in [-0.15, -0.1) is 0 Å². The number of halogens is 1. The van der Waals surface area contributed by atoms with Crippen molar-refractivity contribution in [3.05, 3.63) is 42.0 Å². The van der Waals surface area contributed by atoms with Crippen LogP contribution in [-0.4, -0.2) is 30.2 Å². The summed E-state index contributed by atoms with van der Waals surface area (Å²) in [5.41, 5.74) is 0.259. The third-order valence-corrected chi connectivity index (χ3v) is 2.47. The smallest absolute Gasteiger partial charge is 0.356 e. The largest absolute Gasteiger partial charge is 0.497 e. The van der Waals surface area contributed by atoms with Gasteiger partial charge in [0.2, 0.25) is 0 Å². The van der Waals surface area contributed by atoms with Crippen LogP contribution in [0.5, 0.6) is 5.75 Å². The van der Waals surface area contributed by atoms with Crippen LogP contribution in [0.4, 0.5) is 4.39 Å². The van der Waals surface area contributed by atoms with Crippen LogP contribution in [0.15, 0.2) is 30.5 Å². The van der Waals surface area contributed by atoms with Gasteiger partial charge in [-0.3, -0.25) is 0 Å². The van der Waals surface area contributed by atoms with Crippen molar-refractivity contribution in [1.82, 2.24) is 9.97 Å². The summed E-state index contributed by atoms with van der Waals surface area (Å²) >= 11 is 0. The van der Waals surface area contributed by atoms with Gasteiger partial charge in [-0.25, -0.2) is 19.2 Å². The lowest BCUT2D eigenvalue weighted by Gasteiger charge is -2.05. The Morgan fingerprint density at radius 3 is 2.68 bits per heavy atom. The summed E-state index contributed by atoms with van der Waals surface area (Å²) in [5.74, 6) is -0.618. The van der Waals surface area contributed by atoms with Crippen molar-refractivity contribution >= 4 is 5.97 Å². The van der Waals surface area contributed by atoms with E-state index in [0.717, 1.165) is 0 Å². The van der Waals surface area contributed by atoms with E-state index in [9.17, 15) is 9.18 Å². The number of nitrogens with zero attached hydrogens (tertiary/aromatic N) is 2. The summed E-state index contributed by atoms with van der Waals surface area (Å²) in [4.78, 5) is 19.3. The van der Waals surface area contributed by atoms with E-state index < -0.39 is 11.8 Å². The molecule has 0 aliphatic rings. The normalized spacial score (nSPS) is 10.1. The molecule has 2 aromatic rings. The molecule has 0 spiro atoms. The number of carbonyl (C=O) groups excluding carboxylic acids is 1. The first-order chi connectivity index (χ1) is 9.15. The highest BCUT2D eigenvalue weighted by Gasteiger charge is 2.13. The van der Waals surface area contributed by atoms with E-state index in [1.165, 1.54) is 38.6 Å². The molecule has 0 unspecified atom stereocenters. The van der Waals surface area contributed by atoms with E-state index in [4.69, 9.17) is 4.74 Å². The van der Waals surface area contributed by atoms with Crippen molar-refractivity contribution in [2.45, 2.75) is 0 Å². The average molecular weight is 262 g/mol. The molecule has 19 heavy (non-hydrogen) atoms. The van der Waals surface area contributed by atoms with Gasteiger partial charge < -0.3 is 9.47 Å². The van der Waals surface area contributed by atoms with Gasteiger partial charge in [-0.05, 0) is 18.2 Å². The lowest BCUT2D eigenvalue weighted by atomic mass is 10.2. The quantitative estimate of drug-likeness (QED) is 0.792. The Hall–Kier alpha value is -2.50. The van der Waals surface area contributed by atoms with Gasteiger partial charge in [0.25, 0.3) is 0 Å². The second-order valence-corrected chi connectivity index (χ2v) is 3.60. The van der Waals surface area contributed by atoms with Crippen molar-refractivity contribution in [2.24, 2.45) is 0 Å². The standard InChI is InChI=1S/C13H11FN2O3/c1-18-8-3-4-9(10(14)7-8)12-15-6-5-11(16-12)13(17)19-2/h3-7H,1-2H3. The van der Waals surface area contributed by atoms with Crippen LogP contribution in [0.2, 0.25) is 0 Å². The van der Waals surface area contributed by atoms with E-state index >= 15 is 0 Å². The molecule has 6 heteroatoms. The molecule has 2 rings (SSSR count). The molecule has 0 atom stereocenters. The van der Waals surface area contributed by atoms with Crippen molar-refractivity contribution < 1.29 is 18.7 Å². The van der Waals surface area contributed by atoms with Crippen molar-refractivity contribution in [3.63, 3.8) is 0 Å². The van der Waals surface area contributed by atoms with Crippen LogP contribution in [0.3, 0.4) is 0 Å². The zero-order valence-electron chi connectivity index (χ0n) is 10.4. The first kappa shape index (κ1) is 12.9. The average Bonchev–Trinajstić information content (AvgIpc) is 2.46. The van der Waals surface area contributed by atoms with E-state index in [2.05, 4.69) is 14.7 Å². The highest BCUT2D eigenvalue weighted by Crippen LogP contribution is 2.23. The molecule has 1 heterocycles. The number of esters is 1. The third-order valence-electron chi connectivity index (χ3n) is 2.47. The fourth-order valence-electron chi connectivity index (χ4n) is 1.51. The number of methoxy groups -OCH3 is 2. The minimum atomic E-state index is -0.599. The van der Waals surface area contributed by atoms with Gasteiger partial charge in [-0.2, -0.15) is 0 Å². The predicted molar refractivity (Wildman–Crippen MR) is 65.3 cm³/mol. The first-order valence-electron chi connectivity index (χ1n) is 5.41. The molecule has 0 aliphatic carbocycles. The summed E-state index contributed by atoms with van der Waals surface area (Å²) in [5, 5.41) is 0. The molecular weight excluding hydrogens is 251 g/mol. The summed E-state index contributed by atoms with van der Waals surface area (Å²) < 4.78 is 23.3. The SMILES string of the molecule is COC(=O)c1ccnc(-c2ccc(OC)cc2F)n1. The highest BCUT2D eigenvalue weighted by molar-refractivity contribution is 5.87. The fraction of sp³-hybridized carbons (Fsp3) is 0.154. The lowest BCUT2D eigenvalue weighted by molar-refractivity contribution is 0.0594. The molecule has 0 radical (unpaired) electrons.